The SMILES string of the molecule is CC(C)NCCc1ncc(CCCc2ccccc2)o1. The standard InChI is InChI=1S/C17H24N2O/c1-14(2)18-12-11-17-19-13-16(20-17)10-6-9-15-7-4-3-5-8-15/h3-5,7-8,13-14,18H,6,9-12H2,1-2H3. The molecule has 1 N–H and O–H groups in total. The van der Waals surface area contributed by atoms with Gasteiger partial charge in [0.05, 0.1) is 6.20 Å². The maximum atomic E-state index is 5.75. The topological polar surface area (TPSA) is 38.1 Å². The van der Waals surface area contributed by atoms with Gasteiger partial charge in [-0.3, -0.25) is 0 Å². The lowest BCUT2D eigenvalue weighted by Crippen LogP contribution is -2.24. The molecule has 108 valence electrons. The molecule has 2 rings (SSSR count). The highest BCUT2D eigenvalue weighted by atomic mass is 16.4. The molecule has 0 aliphatic heterocycles. The third kappa shape index (κ3) is 5.17. The van der Waals surface area contributed by atoms with Crippen molar-refractivity contribution in [2.75, 3.05) is 6.54 Å². The lowest BCUT2D eigenvalue weighted by molar-refractivity contribution is 0.440. The van der Waals surface area contributed by atoms with Gasteiger partial charge in [0, 0.05) is 25.4 Å². The van der Waals surface area contributed by atoms with E-state index >= 15 is 0 Å². The second kappa shape index (κ2) is 7.85. The lowest BCUT2D eigenvalue weighted by Gasteiger charge is -2.05. The van der Waals surface area contributed by atoms with E-state index in [0.717, 1.165) is 43.9 Å². The molecule has 1 aromatic heterocycles. The van der Waals surface area contributed by atoms with Crippen LogP contribution in [0.4, 0.5) is 0 Å². The number of hydrogen-bond donors (Lipinski definition) is 1. The molecule has 3 heteroatoms. The predicted octanol–water partition coefficient (Wildman–Crippen LogP) is 3.39. The third-order valence-electron chi connectivity index (χ3n) is 3.22. The first kappa shape index (κ1) is 14.8. The zero-order valence-corrected chi connectivity index (χ0v) is 12.4. The van der Waals surface area contributed by atoms with Crippen LogP contribution in [-0.4, -0.2) is 17.6 Å². The van der Waals surface area contributed by atoms with Crippen LogP contribution in [0, 0.1) is 0 Å². The van der Waals surface area contributed by atoms with Gasteiger partial charge < -0.3 is 9.73 Å². The Morgan fingerprint density at radius 1 is 1.10 bits per heavy atom. The highest BCUT2D eigenvalue weighted by Crippen LogP contribution is 2.10. The van der Waals surface area contributed by atoms with E-state index in [4.69, 9.17) is 4.42 Å². The van der Waals surface area contributed by atoms with Gasteiger partial charge in [-0.2, -0.15) is 0 Å². The van der Waals surface area contributed by atoms with Crippen LogP contribution in [0.5, 0.6) is 0 Å². The number of aryl methyl sites for hydroxylation is 2. The predicted molar refractivity (Wildman–Crippen MR) is 81.8 cm³/mol. The zero-order valence-electron chi connectivity index (χ0n) is 12.4. The number of benzene rings is 1. The molecule has 0 spiro atoms. The Balaban J connectivity index is 1.70. The van der Waals surface area contributed by atoms with Crippen molar-refractivity contribution in [1.82, 2.24) is 10.3 Å². The number of oxazole rings is 1. The molecule has 3 nitrogen and oxygen atoms in total. The Morgan fingerprint density at radius 2 is 1.90 bits per heavy atom. The molecule has 20 heavy (non-hydrogen) atoms. The van der Waals surface area contributed by atoms with E-state index in [2.05, 4.69) is 54.5 Å². The molecule has 0 fully saturated rings. The van der Waals surface area contributed by atoms with Crippen molar-refractivity contribution >= 4 is 0 Å². The number of hydrogen-bond acceptors (Lipinski definition) is 3. The molecule has 1 aromatic carbocycles. The fourth-order valence-corrected chi connectivity index (χ4v) is 2.16. The normalized spacial score (nSPS) is 11.2. The van der Waals surface area contributed by atoms with Gasteiger partial charge in [0.1, 0.15) is 5.76 Å². The largest absolute Gasteiger partial charge is 0.446 e. The van der Waals surface area contributed by atoms with Crippen LogP contribution in [0.25, 0.3) is 0 Å². The summed E-state index contributed by atoms with van der Waals surface area (Å²) in [6, 6.07) is 11.1. The van der Waals surface area contributed by atoms with Gasteiger partial charge in [-0.1, -0.05) is 44.2 Å². The molecule has 2 aromatic rings. The number of aromatic nitrogens is 1. The molecule has 0 saturated carbocycles. The summed E-state index contributed by atoms with van der Waals surface area (Å²) in [4.78, 5) is 4.33. The highest BCUT2D eigenvalue weighted by Gasteiger charge is 2.04. The van der Waals surface area contributed by atoms with Crippen LogP contribution in [-0.2, 0) is 19.3 Å². The van der Waals surface area contributed by atoms with Crippen LogP contribution in [0.1, 0.15) is 37.5 Å². The average Bonchev–Trinajstić information content (AvgIpc) is 2.87. The Hall–Kier alpha value is -1.61. The molecule has 0 radical (unpaired) electrons. The first-order chi connectivity index (χ1) is 9.74. The summed E-state index contributed by atoms with van der Waals surface area (Å²) in [6.07, 6.45) is 5.88. The maximum absolute atomic E-state index is 5.75. The highest BCUT2D eigenvalue weighted by molar-refractivity contribution is 5.14. The first-order valence-corrected chi connectivity index (χ1v) is 7.45. The number of nitrogens with one attached hydrogen (secondary N) is 1. The minimum absolute atomic E-state index is 0.510. The fourth-order valence-electron chi connectivity index (χ4n) is 2.16. The van der Waals surface area contributed by atoms with Gasteiger partial charge in [-0.05, 0) is 18.4 Å². The lowest BCUT2D eigenvalue weighted by atomic mass is 10.1. The van der Waals surface area contributed by atoms with E-state index in [0.29, 0.717) is 6.04 Å². The fraction of sp³-hybridized carbons (Fsp3) is 0.471. The molecule has 1 heterocycles. The van der Waals surface area contributed by atoms with Gasteiger partial charge in [-0.25, -0.2) is 4.98 Å². The molecule has 0 bridgehead atoms. The van der Waals surface area contributed by atoms with Crippen LogP contribution in [0.15, 0.2) is 40.9 Å². The quantitative estimate of drug-likeness (QED) is 0.800. The van der Waals surface area contributed by atoms with Crippen LogP contribution < -0.4 is 5.32 Å². The van der Waals surface area contributed by atoms with Crippen molar-refractivity contribution in [2.45, 2.75) is 45.6 Å². The summed E-state index contributed by atoms with van der Waals surface area (Å²) in [6.45, 7) is 5.21. The minimum Gasteiger partial charge on any atom is -0.446 e. The van der Waals surface area contributed by atoms with E-state index in [9.17, 15) is 0 Å². The summed E-state index contributed by atoms with van der Waals surface area (Å²) in [5.41, 5.74) is 1.38. The zero-order chi connectivity index (χ0) is 14.2. The van der Waals surface area contributed by atoms with Crippen molar-refractivity contribution in [2.24, 2.45) is 0 Å². The number of rotatable bonds is 8. The van der Waals surface area contributed by atoms with E-state index in [1.807, 2.05) is 6.20 Å². The van der Waals surface area contributed by atoms with Crippen molar-refractivity contribution in [1.29, 1.82) is 0 Å². The molecule has 0 aliphatic rings. The minimum atomic E-state index is 0.510. The Kier molecular flexibility index (Phi) is 5.81. The van der Waals surface area contributed by atoms with Gasteiger partial charge in [0.2, 0.25) is 0 Å². The Bertz CT molecular complexity index is 491. The average molecular weight is 272 g/mol. The first-order valence-electron chi connectivity index (χ1n) is 7.45. The van der Waals surface area contributed by atoms with E-state index in [-0.39, 0.29) is 0 Å². The Morgan fingerprint density at radius 3 is 2.65 bits per heavy atom. The van der Waals surface area contributed by atoms with Crippen LogP contribution in [0.2, 0.25) is 0 Å². The molecule has 0 saturated heterocycles. The molecular formula is C17H24N2O. The van der Waals surface area contributed by atoms with Gasteiger partial charge in [0.25, 0.3) is 0 Å². The second-order valence-electron chi connectivity index (χ2n) is 5.42. The number of nitrogens with zero attached hydrogens (tertiary/aromatic N) is 1. The molecule has 0 amide bonds. The summed E-state index contributed by atoms with van der Waals surface area (Å²) < 4.78 is 5.75. The molecular weight excluding hydrogens is 248 g/mol. The maximum Gasteiger partial charge on any atom is 0.195 e. The molecule has 0 aliphatic carbocycles. The van der Waals surface area contributed by atoms with Crippen LogP contribution in [0.3, 0.4) is 0 Å². The summed E-state index contributed by atoms with van der Waals surface area (Å²) >= 11 is 0. The van der Waals surface area contributed by atoms with Gasteiger partial charge in [-0.15, -0.1) is 0 Å². The van der Waals surface area contributed by atoms with Crippen molar-refractivity contribution in [3.63, 3.8) is 0 Å². The molecule has 0 atom stereocenters. The smallest absolute Gasteiger partial charge is 0.195 e. The summed E-state index contributed by atoms with van der Waals surface area (Å²) in [5, 5.41) is 3.37. The molecule has 0 unspecified atom stereocenters. The monoisotopic (exact) mass is 272 g/mol. The Labute approximate surface area is 121 Å². The van der Waals surface area contributed by atoms with Gasteiger partial charge >= 0.3 is 0 Å². The van der Waals surface area contributed by atoms with Crippen molar-refractivity contribution in [3.05, 3.63) is 53.7 Å². The van der Waals surface area contributed by atoms with E-state index in [1.165, 1.54) is 5.56 Å². The van der Waals surface area contributed by atoms with E-state index < -0.39 is 0 Å². The summed E-state index contributed by atoms with van der Waals surface area (Å²) in [7, 11) is 0. The van der Waals surface area contributed by atoms with Crippen LogP contribution >= 0.6 is 0 Å². The van der Waals surface area contributed by atoms with Crippen molar-refractivity contribution in [3.8, 4) is 0 Å². The van der Waals surface area contributed by atoms with E-state index in [1.54, 1.807) is 0 Å². The second-order valence-corrected chi connectivity index (χ2v) is 5.42. The third-order valence-corrected chi connectivity index (χ3v) is 3.22. The van der Waals surface area contributed by atoms with Crippen molar-refractivity contribution < 1.29 is 4.42 Å². The summed E-state index contributed by atoms with van der Waals surface area (Å²) in [5.74, 6) is 1.84. The van der Waals surface area contributed by atoms with Gasteiger partial charge in [0.15, 0.2) is 5.89 Å².